The van der Waals surface area contributed by atoms with Gasteiger partial charge in [0.05, 0.1) is 12.3 Å². The van der Waals surface area contributed by atoms with Crippen molar-refractivity contribution in [2.45, 2.75) is 6.42 Å². The van der Waals surface area contributed by atoms with Crippen LogP contribution < -0.4 is 5.32 Å². The van der Waals surface area contributed by atoms with Crippen LogP contribution >= 0.6 is 22.6 Å². The first-order valence-corrected chi connectivity index (χ1v) is 7.49. The highest BCUT2D eigenvalue weighted by molar-refractivity contribution is 14.1. The fourth-order valence-corrected chi connectivity index (χ4v) is 2.27. The highest BCUT2D eigenvalue weighted by Crippen LogP contribution is 2.16. The fraction of sp³-hybridized carbons (Fsp3) is 0.188. The Balaban J connectivity index is 1.69. The largest absolute Gasteiger partial charge is 0.371 e. The first-order chi connectivity index (χ1) is 9.75. The number of benzene rings is 2. The van der Waals surface area contributed by atoms with Crippen molar-refractivity contribution in [2.75, 3.05) is 18.5 Å². The molecule has 0 radical (unpaired) electrons. The monoisotopic (exact) mass is 381 g/mol. The third-order valence-corrected chi connectivity index (χ3v) is 3.70. The maximum Gasteiger partial charge on any atom is 0.250 e. The molecule has 0 fully saturated rings. The average molecular weight is 381 g/mol. The SMILES string of the molecule is O=C(COCCc1ccccc1)Nc1ccccc1I. The Hall–Kier alpha value is -1.40. The van der Waals surface area contributed by atoms with Crippen molar-refractivity contribution in [1.82, 2.24) is 0 Å². The van der Waals surface area contributed by atoms with Crippen LogP contribution in [0.25, 0.3) is 0 Å². The van der Waals surface area contributed by atoms with E-state index in [0.717, 1.165) is 15.7 Å². The normalized spacial score (nSPS) is 10.2. The first kappa shape index (κ1) is 15.0. The number of para-hydroxylation sites is 1. The van der Waals surface area contributed by atoms with Crippen molar-refractivity contribution in [3.05, 3.63) is 63.7 Å². The van der Waals surface area contributed by atoms with Gasteiger partial charge in [0.2, 0.25) is 5.91 Å². The van der Waals surface area contributed by atoms with Gasteiger partial charge in [0.1, 0.15) is 6.61 Å². The summed E-state index contributed by atoms with van der Waals surface area (Å²) in [6.07, 6.45) is 0.816. The smallest absolute Gasteiger partial charge is 0.250 e. The molecule has 0 unspecified atom stereocenters. The lowest BCUT2D eigenvalue weighted by Gasteiger charge is -2.08. The Labute approximate surface area is 132 Å². The van der Waals surface area contributed by atoms with Gasteiger partial charge < -0.3 is 10.1 Å². The molecule has 0 aromatic heterocycles. The summed E-state index contributed by atoms with van der Waals surface area (Å²) in [5, 5.41) is 2.84. The second-order valence-corrected chi connectivity index (χ2v) is 5.48. The predicted molar refractivity (Wildman–Crippen MR) is 88.8 cm³/mol. The number of nitrogens with one attached hydrogen (secondary N) is 1. The summed E-state index contributed by atoms with van der Waals surface area (Å²) in [6, 6.07) is 17.8. The van der Waals surface area contributed by atoms with Crippen LogP contribution in [0.3, 0.4) is 0 Å². The van der Waals surface area contributed by atoms with Crippen LogP contribution in [0.2, 0.25) is 0 Å². The van der Waals surface area contributed by atoms with E-state index in [4.69, 9.17) is 4.74 Å². The third-order valence-electron chi connectivity index (χ3n) is 2.76. The van der Waals surface area contributed by atoms with E-state index in [0.29, 0.717) is 6.61 Å². The van der Waals surface area contributed by atoms with Crippen LogP contribution in [0, 0.1) is 3.57 Å². The van der Waals surface area contributed by atoms with Crippen LogP contribution in [0.5, 0.6) is 0 Å². The van der Waals surface area contributed by atoms with E-state index in [1.807, 2.05) is 42.5 Å². The standard InChI is InChI=1S/C16H16INO2/c17-14-8-4-5-9-15(14)18-16(19)12-20-11-10-13-6-2-1-3-7-13/h1-9H,10-12H2,(H,18,19). The van der Waals surface area contributed by atoms with E-state index in [1.165, 1.54) is 5.56 Å². The van der Waals surface area contributed by atoms with Gasteiger partial charge in [-0.25, -0.2) is 0 Å². The zero-order valence-electron chi connectivity index (χ0n) is 11.0. The number of hydrogen-bond acceptors (Lipinski definition) is 2. The molecular formula is C16H16INO2. The molecule has 0 spiro atoms. The van der Waals surface area contributed by atoms with E-state index in [-0.39, 0.29) is 12.5 Å². The second-order valence-electron chi connectivity index (χ2n) is 4.32. The van der Waals surface area contributed by atoms with E-state index >= 15 is 0 Å². The van der Waals surface area contributed by atoms with E-state index in [1.54, 1.807) is 0 Å². The maximum atomic E-state index is 11.7. The minimum absolute atomic E-state index is 0.0812. The topological polar surface area (TPSA) is 38.3 Å². The number of halogens is 1. The molecule has 3 nitrogen and oxygen atoms in total. The maximum absolute atomic E-state index is 11.7. The molecule has 2 aromatic carbocycles. The minimum atomic E-state index is -0.123. The number of carbonyl (C=O) groups is 1. The van der Waals surface area contributed by atoms with Crippen LogP contribution in [0.15, 0.2) is 54.6 Å². The van der Waals surface area contributed by atoms with Gasteiger partial charge >= 0.3 is 0 Å². The molecule has 0 heterocycles. The quantitative estimate of drug-likeness (QED) is 0.615. The van der Waals surface area contributed by atoms with Gasteiger partial charge in [-0.3, -0.25) is 4.79 Å². The van der Waals surface area contributed by atoms with Crippen LogP contribution in [-0.4, -0.2) is 19.1 Å². The highest BCUT2D eigenvalue weighted by Gasteiger charge is 2.04. The van der Waals surface area contributed by atoms with Gasteiger partial charge in [0.25, 0.3) is 0 Å². The van der Waals surface area contributed by atoms with Gasteiger partial charge in [-0.05, 0) is 46.7 Å². The summed E-state index contributed by atoms with van der Waals surface area (Å²) in [4.78, 5) is 11.7. The van der Waals surface area contributed by atoms with Gasteiger partial charge in [-0.1, -0.05) is 42.5 Å². The Morgan fingerprint density at radius 1 is 1.05 bits per heavy atom. The Kier molecular flexibility index (Phi) is 6.01. The molecule has 4 heteroatoms. The molecule has 0 aliphatic heterocycles. The summed E-state index contributed by atoms with van der Waals surface area (Å²) in [6.45, 7) is 0.626. The summed E-state index contributed by atoms with van der Waals surface area (Å²) >= 11 is 2.19. The van der Waals surface area contributed by atoms with Crippen molar-refractivity contribution in [1.29, 1.82) is 0 Å². The molecule has 0 aliphatic rings. The summed E-state index contributed by atoms with van der Waals surface area (Å²) in [5.41, 5.74) is 2.04. The second kappa shape index (κ2) is 8.01. The molecule has 104 valence electrons. The van der Waals surface area contributed by atoms with Crippen LogP contribution in [0.4, 0.5) is 5.69 Å². The number of ether oxygens (including phenoxy) is 1. The molecule has 20 heavy (non-hydrogen) atoms. The van der Waals surface area contributed by atoms with Crippen LogP contribution in [-0.2, 0) is 16.0 Å². The number of amides is 1. The molecule has 0 bridgehead atoms. The Bertz CT molecular complexity index is 557. The van der Waals surface area contributed by atoms with Gasteiger partial charge in [-0.15, -0.1) is 0 Å². The van der Waals surface area contributed by atoms with Crippen molar-refractivity contribution < 1.29 is 9.53 Å². The van der Waals surface area contributed by atoms with Crippen LogP contribution in [0.1, 0.15) is 5.56 Å². The first-order valence-electron chi connectivity index (χ1n) is 6.42. The molecule has 0 atom stereocenters. The van der Waals surface area contributed by atoms with Gasteiger partial charge in [-0.2, -0.15) is 0 Å². The lowest BCUT2D eigenvalue weighted by atomic mass is 10.2. The van der Waals surface area contributed by atoms with Gasteiger partial charge in [0, 0.05) is 3.57 Å². The highest BCUT2D eigenvalue weighted by atomic mass is 127. The van der Waals surface area contributed by atoms with Crippen molar-refractivity contribution in [3.8, 4) is 0 Å². The zero-order chi connectivity index (χ0) is 14.2. The zero-order valence-corrected chi connectivity index (χ0v) is 13.2. The number of carbonyl (C=O) groups excluding carboxylic acids is 1. The summed E-state index contributed by atoms with van der Waals surface area (Å²) < 4.78 is 6.41. The molecule has 0 saturated carbocycles. The summed E-state index contributed by atoms with van der Waals surface area (Å²) in [5.74, 6) is -0.123. The molecule has 1 N–H and O–H groups in total. The van der Waals surface area contributed by atoms with Crippen molar-refractivity contribution >= 4 is 34.2 Å². The van der Waals surface area contributed by atoms with E-state index < -0.39 is 0 Å². The van der Waals surface area contributed by atoms with Gasteiger partial charge in [0.15, 0.2) is 0 Å². The average Bonchev–Trinajstić information content (AvgIpc) is 2.47. The summed E-state index contributed by atoms with van der Waals surface area (Å²) in [7, 11) is 0. The minimum Gasteiger partial charge on any atom is -0.371 e. The molecule has 0 saturated heterocycles. The Morgan fingerprint density at radius 3 is 2.50 bits per heavy atom. The van der Waals surface area contributed by atoms with E-state index in [9.17, 15) is 4.79 Å². The molecule has 0 aliphatic carbocycles. The molecule has 2 aromatic rings. The van der Waals surface area contributed by atoms with Crippen molar-refractivity contribution in [3.63, 3.8) is 0 Å². The lowest BCUT2D eigenvalue weighted by Crippen LogP contribution is -2.19. The fourth-order valence-electron chi connectivity index (χ4n) is 1.75. The lowest BCUT2D eigenvalue weighted by molar-refractivity contribution is -0.120. The number of hydrogen-bond donors (Lipinski definition) is 1. The Morgan fingerprint density at radius 2 is 1.75 bits per heavy atom. The third kappa shape index (κ3) is 4.94. The van der Waals surface area contributed by atoms with Crippen molar-refractivity contribution in [2.24, 2.45) is 0 Å². The van der Waals surface area contributed by atoms with E-state index in [2.05, 4.69) is 40.0 Å². The molecular weight excluding hydrogens is 365 g/mol. The molecule has 1 amide bonds. The predicted octanol–water partition coefficient (Wildman–Crippen LogP) is 3.49. The molecule has 2 rings (SSSR count). The number of rotatable bonds is 6. The number of anilines is 1.